The Bertz CT molecular complexity index is 448. The number of aliphatic hydroxyl groups excluding tert-OH is 1. The molecule has 98 valence electrons. The molecule has 0 heterocycles. The summed E-state index contributed by atoms with van der Waals surface area (Å²) in [5.41, 5.74) is 11.8. The van der Waals surface area contributed by atoms with Gasteiger partial charge in [0.2, 0.25) is 5.91 Å². The number of hydrogen-bond acceptors (Lipinski definition) is 5. The second-order valence-electron chi connectivity index (χ2n) is 3.73. The Balaban J connectivity index is 2.55. The molecule has 0 bridgehead atoms. The monoisotopic (exact) mass is 252 g/mol. The van der Waals surface area contributed by atoms with Gasteiger partial charge in [0.15, 0.2) is 5.84 Å². The zero-order chi connectivity index (χ0) is 13.5. The van der Waals surface area contributed by atoms with Crippen molar-refractivity contribution in [2.75, 3.05) is 6.54 Å². The minimum absolute atomic E-state index is 0.0222. The number of nitrogens with two attached hydrogens (primary N) is 2. The number of nitrogens with zero attached hydrogens (tertiary/aromatic N) is 1. The molecule has 0 aliphatic rings. The summed E-state index contributed by atoms with van der Waals surface area (Å²) in [6, 6.07) is 7.03. The summed E-state index contributed by atoms with van der Waals surface area (Å²) in [6.45, 7) is 0.500. The number of nitrogens with one attached hydrogen (secondary N) is 1. The van der Waals surface area contributed by atoms with Crippen LogP contribution in [0.25, 0.3) is 0 Å². The van der Waals surface area contributed by atoms with E-state index in [4.69, 9.17) is 16.7 Å². The number of carbonyl (C=O) groups excluding carboxylic acids is 1. The van der Waals surface area contributed by atoms with E-state index in [1.165, 1.54) is 0 Å². The number of oxime groups is 1. The molecular weight excluding hydrogens is 236 g/mol. The fourth-order valence-corrected chi connectivity index (χ4v) is 1.35. The van der Waals surface area contributed by atoms with Crippen molar-refractivity contribution >= 4 is 11.7 Å². The van der Waals surface area contributed by atoms with Crippen molar-refractivity contribution in [3.8, 4) is 0 Å². The predicted molar refractivity (Wildman–Crippen MR) is 65.9 cm³/mol. The number of rotatable bonds is 6. The first-order valence-electron chi connectivity index (χ1n) is 5.29. The Morgan fingerprint density at radius 3 is 2.78 bits per heavy atom. The Hall–Kier alpha value is -2.12. The van der Waals surface area contributed by atoms with Crippen LogP contribution in [0.2, 0.25) is 0 Å². The van der Waals surface area contributed by atoms with Crippen molar-refractivity contribution in [3.63, 3.8) is 0 Å². The number of amidine groups is 1. The van der Waals surface area contributed by atoms with Crippen LogP contribution < -0.4 is 16.8 Å². The van der Waals surface area contributed by atoms with E-state index < -0.39 is 12.0 Å². The molecule has 0 aliphatic carbocycles. The molecule has 1 amide bonds. The normalized spacial score (nSPS) is 13.3. The molecule has 0 saturated heterocycles. The van der Waals surface area contributed by atoms with E-state index in [1.54, 1.807) is 18.2 Å². The summed E-state index contributed by atoms with van der Waals surface area (Å²) in [6.07, 6.45) is -1.21. The van der Waals surface area contributed by atoms with Crippen molar-refractivity contribution in [1.29, 1.82) is 0 Å². The number of amides is 1. The Morgan fingerprint density at radius 2 is 2.17 bits per heavy atom. The Kier molecular flexibility index (Phi) is 5.09. The van der Waals surface area contributed by atoms with E-state index >= 15 is 0 Å². The van der Waals surface area contributed by atoms with Crippen molar-refractivity contribution in [2.45, 2.75) is 12.6 Å². The topological polar surface area (TPSA) is 134 Å². The summed E-state index contributed by atoms with van der Waals surface area (Å²) < 4.78 is 0. The van der Waals surface area contributed by atoms with Gasteiger partial charge in [0.1, 0.15) is 6.10 Å². The van der Waals surface area contributed by atoms with E-state index in [1.807, 2.05) is 6.07 Å². The van der Waals surface area contributed by atoms with E-state index in [9.17, 15) is 9.90 Å². The van der Waals surface area contributed by atoms with Crippen LogP contribution in [-0.4, -0.2) is 34.7 Å². The molecule has 1 rings (SSSR count). The van der Waals surface area contributed by atoms with Gasteiger partial charge < -0.3 is 27.1 Å². The Morgan fingerprint density at radius 1 is 1.44 bits per heavy atom. The number of benzene rings is 1. The first kappa shape index (κ1) is 13.9. The van der Waals surface area contributed by atoms with Gasteiger partial charge in [0.25, 0.3) is 0 Å². The number of hydrogen-bond donors (Lipinski definition) is 5. The second-order valence-corrected chi connectivity index (χ2v) is 3.73. The Labute approximate surface area is 104 Å². The summed E-state index contributed by atoms with van der Waals surface area (Å²) in [7, 11) is 0. The van der Waals surface area contributed by atoms with Crippen LogP contribution in [0, 0.1) is 0 Å². The maximum Gasteiger partial charge on any atom is 0.247 e. The smallest absolute Gasteiger partial charge is 0.247 e. The highest BCUT2D eigenvalue weighted by Gasteiger charge is 2.09. The quantitative estimate of drug-likeness (QED) is 0.186. The minimum atomic E-state index is -1.21. The number of aliphatic hydroxyl groups is 1. The first-order valence-corrected chi connectivity index (χ1v) is 5.29. The minimum Gasteiger partial charge on any atom is -0.409 e. The molecule has 18 heavy (non-hydrogen) atoms. The fourth-order valence-electron chi connectivity index (χ4n) is 1.35. The second kappa shape index (κ2) is 6.58. The van der Waals surface area contributed by atoms with Crippen LogP contribution in [0.3, 0.4) is 0 Å². The molecule has 1 unspecified atom stereocenters. The third kappa shape index (κ3) is 4.04. The highest BCUT2D eigenvalue weighted by Crippen LogP contribution is 2.04. The summed E-state index contributed by atoms with van der Waals surface area (Å²) in [4.78, 5) is 10.6. The molecule has 0 spiro atoms. The van der Waals surface area contributed by atoms with Crippen molar-refractivity contribution < 1.29 is 15.1 Å². The van der Waals surface area contributed by atoms with E-state index in [0.29, 0.717) is 12.1 Å². The van der Waals surface area contributed by atoms with Gasteiger partial charge in [-0.25, -0.2) is 0 Å². The molecule has 0 aliphatic heterocycles. The highest BCUT2D eigenvalue weighted by atomic mass is 16.4. The molecule has 1 atom stereocenters. The molecule has 0 fully saturated rings. The standard InChI is InChI=1S/C11H16N4O3/c12-10(15-18)8-3-1-2-7(4-8)5-14-6-9(16)11(13)17/h1-4,9,14,16,18H,5-6H2,(H2,12,15)(H2,13,17). The van der Waals surface area contributed by atoms with E-state index in [-0.39, 0.29) is 12.4 Å². The maximum absolute atomic E-state index is 10.6. The van der Waals surface area contributed by atoms with Gasteiger partial charge in [-0.3, -0.25) is 4.79 Å². The van der Waals surface area contributed by atoms with Crippen LogP contribution in [-0.2, 0) is 11.3 Å². The van der Waals surface area contributed by atoms with Crippen molar-refractivity contribution in [1.82, 2.24) is 5.32 Å². The highest BCUT2D eigenvalue weighted by molar-refractivity contribution is 5.97. The van der Waals surface area contributed by atoms with Crippen LogP contribution in [0.4, 0.5) is 0 Å². The van der Waals surface area contributed by atoms with Gasteiger partial charge in [0.05, 0.1) is 0 Å². The third-order valence-electron chi connectivity index (χ3n) is 2.33. The van der Waals surface area contributed by atoms with Crippen molar-refractivity contribution in [2.24, 2.45) is 16.6 Å². The van der Waals surface area contributed by atoms with Crippen molar-refractivity contribution in [3.05, 3.63) is 35.4 Å². The SMILES string of the molecule is NC(=O)C(O)CNCc1cccc(/C(N)=N/O)c1. The zero-order valence-electron chi connectivity index (χ0n) is 9.71. The molecule has 7 nitrogen and oxygen atoms in total. The summed E-state index contributed by atoms with van der Waals surface area (Å²) >= 11 is 0. The molecule has 7 N–H and O–H groups in total. The van der Waals surface area contributed by atoms with Gasteiger partial charge in [0, 0.05) is 18.7 Å². The fraction of sp³-hybridized carbons (Fsp3) is 0.273. The lowest BCUT2D eigenvalue weighted by atomic mass is 10.1. The van der Waals surface area contributed by atoms with Gasteiger partial charge in [-0.2, -0.15) is 0 Å². The van der Waals surface area contributed by atoms with E-state index in [2.05, 4.69) is 10.5 Å². The van der Waals surface area contributed by atoms with E-state index in [0.717, 1.165) is 5.56 Å². The number of carbonyl (C=O) groups is 1. The summed E-state index contributed by atoms with van der Waals surface area (Å²) in [5, 5.41) is 23.5. The van der Waals surface area contributed by atoms with Crippen LogP contribution in [0.5, 0.6) is 0 Å². The first-order chi connectivity index (χ1) is 8.54. The molecule has 0 saturated carbocycles. The lowest BCUT2D eigenvalue weighted by molar-refractivity contribution is -0.125. The largest absolute Gasteiger partial charge is 0.409 e. The zero-order valence-corrected chi connectivity index (χ0v) is 9.71. The van der Waals surface area contributed by atoms with Gasteiger partial charge in [-0.15, -0.1) is 0 Å². The maximum atomic E-state index is 10.6. The molecule has 0 aromatic heterocycles. The molecule has 1 aromatic rings. The van der Waals surface area contributed by atoms with Crippen LogP contribution in [0.15, 0.2) is 29.4 Å². The van der Waals surface area contributed by atoms with Crippen LogP contribution in [0.1, 0.15) is 11.1 Å². The molecular formula is C11H16N4O3. The molecule has 0 radical (unpaired) electrons. The molecule has 1 aromatic carbocycles. The van der Waals surface area contributed by atoms with Gasteiger partial charge in [-0.05, 0) is 11.6 Å². The lowest BCUT2D eigenvalue weighted by Gasteiger charge is -2.09. The number of primary amides is 1. The van der Waals surface area contributed by atoms with Crippen LogP contribution >= 0.6 is 0 Å². The average molecular weight is 252 g/mol. The predicted octanol–water partition coefficient (Wildman–Crippen LogP) is -1.28. The van der Waals surface area contributed by atoms with Gasteiger partial charge in [-0.1, -0.05) is 23.4 Å². The lowest BCUT2D eigenvalue weighted by Crippen LogP contribution is -2.37. The average Bonchev–Trinajstić information content (AvgIpc) is 2.37. The van der Waals surface area contributed by atoms with Gasteiger partial charge >= 0.3 is 0 Å². The third-order valence-corrected chi connectivity index (χ3v) is 2.33. The molecule has 7 heteroatoms. The summed E-state index contributed by atoms with van der Waals surface area (Å²) in [5.74, 6) is -0.748.